The zero-order chi connectivity index (χ0) is 17.7. The zero-order valence-electron chi connectivity index (χ0n) is 14.1. The fraction of sp³-hybridized carbons (Fsp3) is 0.438. The summed E-state index contributed by atoms with van der Waals surface area (Å²) in [4.78, 5) is 12.0. The molecule has 1 aromatic carbocycles. The smallest absolute Gasteiger partial charge is 0.264 e. The van der Waals surface area contributed by atoms with Crippen molar-refractivity contribution in [3.05, 3.63) is 33.2 Å². The summed E-state index contributed by atoms with van der Waals surface area (Å²) in [6.07, 6.45) is 0. The van der Waals surface area contributed by atoms with Crippen molar-refractivity contribution in [1.29, 1.82) is 0 Å². The zero-order valence-corrected chi connectivity index (χ0v) is 16.5. The number of aromatic nitrogens is 2. The molecule has 1 N–H and O–H groups in total. The Bertz CT molecular complexity index is 713. The van der Waals surface area contributed by atoms with Gasteiger partial charge >= 0.3 is 0 Å². The summed E-state index contributed by atoms with van der Waals surface area (Å²) in [5.41, 5.74) is 0.937. The Morgan fingerprint density at radius 3 is 2.75 bits per heavy atom. The molecular formula is C16H20BrN3O3S. The summed E-state index contributed by atoms with van der Waals surface area (Å²) < 4.78 is 11.7. The highest BCUT2D eigenvalue weighted by molar-refractivity contribution is 9.10. The number of anilines is 1. The van der Waals surface area contributed by atoms with E-state index in [-0.39, 0.29) is 17.9 Å². The number of carbonyl (C=O) groups excluding carboxylic acids is 1. The van der Waals surface area contributed by atoms with Gasteiger partial charge in [-0.2, -0.15) is 0 Å². The van der Waals surface area contributed by atoms with Crippen LogP contribution < -0.4 is 10.1 Å². The second-order valence-electron chi connectivity index (χ2n) is 6.16. The molecule has 6 nitrogen and oxygen atoms in total. The Hall–Kier alpha value is -1.51. The van der Waals surface area contributed by atoms with Gasteiger partial charge in [0.05, 0.1) is 0 Å². The first kappa shape index (κ1) is 18.8. The minimum atomic E-state index is -0.280. The molecule has 0 aliphatic heterocycles. The summed E-state index contributed by atoms with van der Waals surface area (Å²) >= 11 is 4.75. The van der Waals surface area contributed by atoms with Crippen molar-refractivity contribution in [1.82, 2.24) is 10.2 Å². The van der Waals surface area contributed by atoms with Gasteiger partial charge in [0, 0.05) is 17.1 Å². The van der Waals surface area contributed by atoms with Crippen LogP contribution in [0.25, 0.3) is 0 Å². The molecule has 1 heterocycles. The van der Waals surface area contributed by atoms with Crippen molar-refractivity contribution >= 4 is 38.3 Å². The number of hydrogen-bond acceptors (Lipinski definition) is 6. The average Bonchev–Trinajstić information content (AvgIpc) is 2.92. The summed E-state index contributed by atoms with van der Waals surface area (Å²) in [5.74, 6) is 0.413. The molecule has 0 aliphatic carbocycles. The molecule has 130 valence electrons. The van der Waals surface area contributed by atoms with Gasteiger partial charge in [-0.15, -0.1) is 10.2 Å². The molecule has 0 atom stereocenters. The van der Waals surface area contributed by atoms with Crippen LogP contribution in [0.5, 0.6) is 5.75 Å². The molecule has 24 heavy (non-hydrogen) atoms. The first-order chi connectivity index (χ1) is 11.3. The number of halogens is 1. The monoisotopic (exact) mass is 413 g/mol. The van der Waals surface area contributed by atoms with E-state index in [2.05, 4.69) is 52.2 Å². The van der Waals surface area contributed by atoms with Gasteiger partial charge in [0.2, 0.25) is 5.13 Å². The third kappa shape index (κ3) is 5.25. The quantitative estimate of drug-likeness (QED) is 0.779. The van der Waals surface area contributed by atoms with Crippen LogP contribution in [0.3, 0.4) is 0 Å². The third-order valence-corrected chi connectivity index (χ3v) is 4.39. The number of nitrogens with one attached hydrogen (secondary N) is 1. The summed E-state index contributed by atoms with van der Waals surface area (Å²) in [7, 11) is 1.58. The normalized spacial score (nSPS) is 11.4. The number of methoxy groups -OCH3 is 1. The topological polar surface area (TPSA) is 73.3 Å². The number of amides is 1. The lowest BCUT2D eigenvalue weighted by atomic mass is 9.86. The number of nitrogens with zero attached hydrogens (tertiary/aromatic N) is 2. The van der Waals surface area contributed by atoms with Crippen molar-refractivity contribution in [2.24, 2.45) is 0 Å². The highest BCUT2D eigenvalue weighted by Crippen LogP contribution is 2.33. The minimum Gasteiger partial charge on any atom is -0.483 e. The highest BCUT2D eigenvalue weighted by atomic mass is 79.9. The van der Waals surface area contributed by atoms with Gasteiger partial charge in [0.1, 0.15) is 17.4 Å². The first-order valence-corrected chi connectivity index (χ1v) is 8.94. The first-order valence-electron chi connectivity index (χ1n) is 7.33. The lowest BCUT2D eigenvalue weighted by Gasteiger charge is -2.23. The molecule has 1 aromatic heterocycles. The third-order valence-electron chi connectivity index (χ3n) is 3.09. The summed E-state index contributed by atoms with van der Waals surface area (Å²) in [5, 5.41) is 11.6. The maximum absolute atomic E-state index is 12.0. The number of rotatable bonds is 6. The van der Waals surface area contributed by atoms with Crippen molar-refractivity contribution in [3.8, 4) is 5.75 Å². The number of benzene rings is 1. The van der Waals surface area contributed by atoms with Crippen molar-refractivity contribution in [2.45, 2.75) is 32.8 Å². The number of ether oxygens (including phenoxy) is 2. The molecule has 0 saturated heterocycles. The van der Waals surface area contributed by atoms with Crippen LogP contribution in [-0.2, 0) is 21.6 Å². The molecule has 2 aromatic rings. The van der Waals surface area contributed by atoms with Crippen LogP contribution in [0.4, 0.5) is 5.13 Å². The highest BCUT2D eigenvalue weighted by Gasteiger charge is 2.20. The minimum absolute atomic E-state index is 0.0933. The molecule has 2 rings (SSSR count). The Kier molecular flexibility index (Phi) is 6.31. The van der Waals surface area contributed by atoms with Gasteiger partial charge in [-0.25, -0.2) is 0 Å². The van der Waals surface area contributed by atoms with Crippen LogP contribution in [0.2, 0.25) is 0 Å². The number of hydrogen-bond donors (Lipinski definition) is 1. The molecule has 8 heteroatoms. The van der Waals surface area contributed by atoms with E-state index in [0.29, 0.717) is 22.5 Å². The van der Waals surface area contributed by atoms with Gasteiger partial charge in [0.25, 0.3) is 5.91 Å². The second kappa shape index (κ2) is 8.04. The lowest BCUT2D eigenvalue weighted by molar-refractivity contribution is -0.118. The number of carbonyl (C=O) groups is 1. The van der Waals surface area contributed by atoms with Crippen molar-refractivity contribution < 1.29 is 14.3 Å². The Morgan fingerprint density at radius 1 is 1.33 bits per heavy atom. The summed E-state index contributed by atoms with van der Waals surface area (Å²) in [6, 6.07) is 5.76. The molecule has 1 amide bonds. The van der Waals surface area contributed by atoms with Gasteiger partial charge in [-0.3, -0.25) is 10.1 Å². The largest absolute Gasteiger partial charge is 0.483 e. The Balaban J connectivity index is 1.98. The fourth-order valence-electron chi connectivity index (χ4n) is 2.00. The molecule has 0 saturated carbocycles. The standard InChI is InChI=1S/C16H20BrN3O3S/c1-16(2,3)11-7-10(17)5-6-12(11)23-8-13(21)18-15-20-19-14(24-15)9-22-4/h5-7H,8-9H2,1-4H3,(H,18,20,21). The summed E-state index contributed by atoms with van der Waals surface area (Å²) in [6.45, 7) is 6.57. The molecule has 0 radical (unpaired) electrons. The van der Waals surface area contributed by atoms with E-state index in [1.807, 2.05) is 18.2 Å². The molecule has 0 aliphatic rings. The predicted octanol–water partition coefficient (Wildman–Crippen LogP) is 3.76. The van der Waals surface area contributed by atoms with E-state index in [1.54, 1.807) is 7.11 Å². The fourth-order valence-corrected chi connectivity index (χ4v) is 3.09. The molecule has 0 fully saturated rings. The van der Waals surface area contributed by atoms with Crippen LogP contribution in [0.15, 0.2) is 22.7 Å². The van der Waals surface area contributed by atoms with Gasteiger partial charge in [0.15, 0.2) is 6.61 Å². The van der Waals surface area contributed by atoms with Crippen molar-refractivity contribution in [2.75, 3.05) is 19.0 Å². The van der Waals surface area contributed by atoms with Crippen LogP contribution in [0, 0.1) is 0 Å². The maximum Gasteiger partial charge on any atom is 0.264 e. The van der Waals surface area contributed by atoms with Gasteiger partial charge < -0.3 is 9.47 Å². The lowest BCUT2D eigenvalue weighted by Crippen LogP contribution is -2.22. The Labute approximate surface area is 153 Å². The van der Waals surface area contributed by atoms with E-state index < -0.39 is 0 Å². The molecule has 0 unspecified atom stereocenters. The SMILES string of the molecule is COCc1nnc(NC(=O)COc2ccc(Br)cc2C(C)(C)C)s1. The van der Waals surface area contributed by atoms with E-state index in [0.717, 1.165) is 10.0 Å². The van der Waals surface area contributed by atoms with E-state index in [1.165, 1.54) is 11.3 Å². The van der Waals surface area contributed by atoms with E-state index in [9.17, 15) is 4.79 Å². The molecule has 0 bridgehead atoms. The van der Waals surface area contributed by atoms with E-state index >= 15 is 0 Å². The van der Waals surface area contributed by atoms with Crippen molar-refractivity contribution in [3.63, 3.8) is 0 Å². The van der Waals surface area contributed by atoms with Crippen LogP contribution in [-0.4, -0.2) is 29.8 Å². The molecular weight excluding hydrogens is 394 g/mol. The average molecular weight is 414 g/mol. The van der Waals surface area contributed by atoms with E-state index in [4.69, 9.17) is 9.47 Å². The Morgan fingerprint density at radius 2 is 2.08 bits per heavy atom. The van der Waals surface area contributed by atoms with Crippen LogP contribution >= 0.6 is 27.3 Å². The molecule has 0 spiro atoms. The van der Waals surface area contributed by atoms with Crippen LogP contribution in [0.1, 0.15) is 31.3 Å². The maximum atomic E-state index is 12.0. The van der Waals surface area contributed by atoms with Gasteiger partial charge in [-0.1, -0.05) is 48.0 Å². The predicted molar refractivity (Wildman–Crippen MR) is 97.6 cm³/mol. The second-order valence-corrected chi connectivity index (χ2v) is 8.14. The van der Waals surface area contributed by atoms with Gasteiger partial charge in [-0.05, 0) is 23.6 Å².